The molecule has 0 aromatic carbocycles. The van der Waals surface area contributed by atoms with Crippen LogP contribution in [0.15, 0.2) is 23.1 Å². The Morgan fingerprint density at radius 1 is 1.43 bits per heavy atom. The summed E-state index contributed by atoms with van der Waals surface area (Å²) in [5, 5.41) is 3.76. The fourth-order valence-electron chi connectivity index (χ4n) is 1.01. The Hall–Kier alpha value is -1.82. The Morgan fingerprint density at radius 2 is 2.36 bits per heavy atom. The second-order valence-corrected chi connectivity index (χ2v) is 2.65. The van der Waals surface area contributed by atoms with Crippen LogP contribution in [0.5, 0.6) is 0 Å². The summed E-state index contributed by atoms with van der Waals surface area (Å²) in [5.74, 6) is 0.997. The molecule has 0 spiro atoms. The summed E-state index contributed by atoms with van der Waals surface area (Å²) < 4.78 is 5.00. The van der Waals surface area contributed by atoms with Gasteiger partial charge < -0.3 is 10.3 Å². The lowest BCUT2D eigenvalue weighted by Crippen LogP contribution is -2.03. The minimum atomic E-state index is 0.399. The Bertz CT molecular complexity index is 399. The van der Waals surface area contributed by atoms with Crippen molar-refractivity contribution < 1.29 is 4.52 Å². The van der Waals surface area contributed by atoms with Crippen LogP contribution in [-0.4, -0.2) is 26.7 Å². The molecule has 2 aromatic heterocycles. The summed E-state index contributed by atoms with van der Waals surface area (Å²) in [7, 11) is 0. The second kappa shape index (κ2) is 3.93. The van der Waals surface area contributed by atoms with Gasteiger partial charge in [0.15, 0.2) is 5.82 Å². The molecular weight excluding hydrogens is 182 g/mol. The monoisotopic (exact) mass is 191 g/mol. The molecule has 0 aliphatic heterocycles. The van der Waals surface area contributed by atoms with Gasteiger partial charge in [-0.1, -0.05) is 5.16 Å². The average Bonchev–Trinajstić information content (AvgIpc) is 2.68. The van der Waals surface area contributed by atoms with E-state index in [2.05, 4.69) is 20.1 Å². The van der Waals surface area contributed by atoms with Gasteiger partial charge in [-0.3, -0.25) is 0 Å². The molecule has 14 heavy (non-hydrogen) atoms. The fourth-order valence-corrected chi connectivity index (χ4v) is 1.01. The van der Waals surface area contributed by atoms with E-state index in [4.69, 9.17) is 10.3 Å². The zero-order chi connectivity index (χ0) is 9.80. The Kier molecular flexibility index (Phi) is 2.46. The van der Waals surface area contributed by atoms with Crippen molar-refractivity contribution in [2.24, 2.45) is 5.73 Å². The van der Waals surface area contributed by atoms with E-state index in [1.807, 2.05) is 0 Å². The average molecular weight is 191 g/mol. The first-order valence-corrected chi connectivity index (χ1v) is 4.19. The van der Waals surface area contributed by atoms with E-state index in [-0.39, 0.29) is 0 Å². The Balaban J connectivity index is 2.25. The van der Waals surface area contributed by atoms with E-state index in [0.717, 1.165) is 0 Å². The maximum absolute atomic E-state index is 5.36. The lowest BCUT2D eigenvalue weighted by atomic mass is 10.4. The summed E-state index contributed by atoms with van der Waals surface area (Å²) >= 11 is 0. The number of nitrogens with two attached hydrogens (primary N) is 1. The molecule has 0 saturated heterocycles. The zero-order valence-corrected chi connectivity index (χ0v) is 7.42. The molecule has 0 unspecified atom stereocenters. The van der Waals surface area contributed by atoms with E-state index >= 15 is 0 Å². The molecule has 72 valence electrons. The van der Waals surface area contributed by atoms with Crippen LogP contribution in [0.1, 0.15) is 5.82 Å². The first-order valence-electron chi connectivity index (χ1n) is 4.19. The van der Waals surface area contributed by atoms with Gasteiger partial charge in [-0.15, -0.1) is 0 Å². The first-order chi connectivity index (χ1) is 6.90. The van der Waals surface area contributed by atoms with Crippen molar-refractivity contribution in [2.75, 3.05) is 6.54 Å². The third-order valence-corrected chi connectivity index (χ3v) is 1.64. The maximum atomic E-state index is 5.36. The predicted octanol–water partition coefficient (Wildman–Crippen LogP) is 0.0278. The van der Waals surface area contributed by atoms with Gasteiger partial charge in [-0.05, 0) is 12.6 Å². The van der Waals surface area contributed by atoms with Gasteiger partial charge in [0.2, 0.25) is 0 Å². The van der Waals surface area contributed by atoms with Gasteiger partial charge in [-0.25, -0.2) is 9.97 Å². The van der Waals surface area contributed by atoms with Crippen LogP contribution in [0, 0.1) is 0 Å². The van der Waals surface area contributed by atoms with Crippen molar-refractivity contribution in [1.29, 1.82) is 0 Å². The molecule has 0 saturated carbocycles. The predicted molar refractivity (Wildman–Crippen MR) is 48.1 cm³/mol. The lowest BCUT2D eigenvalue weighted by Gasteiger charge is -1.88. The number of aromatic nitrogens is 4. The van der Waals surface area contributed by atoms with Crippen LogP contribution in [0.3, 0.4) is 0 Å². The largest absolute Gasteiger partial charge is 0.332 e. The molecule has 0 fully saturated rings. The van der Waals surface area contributed by atoms with Gasteiger partial charge >= 0.3 is 0 Å². The fraction of sp³-hybridized carbons (Fsp3) is 0.250. The quantitative estimate of drug-likeness (QED) is 0.735. The molecule has 0 atom stereocenters. The Morgan fingerprint density at radius 3 is 3.07 bits per heavy atom. The van der Waals surface area contributed by atoms with Crippen LogP contribution in [0.2, 0.25) is 0 Å². The summed E-state index contributed by atoms with van der Waals surface area (Å²) in [5.41, 5.74) is 5.98. The molecule has 2 heterocycles. The number of hydrogen-bond donors (Lipinski definition) is 1. The zero-order valence-electron chi connectivity index (χ0n) is 7.42. The third kappa shape index (κ3) is 1.74. The van der Waals surface area contributed by atoms with Crippen LogP contribution < -0.4 is 5.73 Å². The minimum absolute atomic E-state index is 0.399. The number of nitrogens with zero attached hydrogens (tertiary/aromatic N) is 4. The Labute approximate surface area is 80.2 Å². The van der Waals surface area contributed by atoms with Gasteiger partial charge in [0.25, 0.3) is 5.89 Å². The van der Waals surface area contributed by atoms with Crippen molar-refractivity contribution in [3.05, 3.63) is 24.4 Å². The van der Waals surface area contributed by atoms with Crippen LogP contribution in [0.4, 0.5) is 0 Å². The van der Waals surface area contributed by atoms with Crippen LogP contribution >= 0.6 is 0 Å². The molecule has 0 amide bonds. The molecule has 2 rings (SSSR count). The van der Waals surface area contributed by atoms with Gasteiger partial charge in [0, 0.05) is 12.6 Å². The highest BCUT2D eigenvalue weighted by Crippen LogP contribution is 2.12. The molecule has 2 N–H and O–H groups in total. The third-order valence-electron chi connectivity index (χ3n) is 1.64. The molecule has 0 bridgehead atoms. The molecular formula is C8H9N5O. The highest BCUT2D eigenvalue weighted by atomic mass is 16.5. The van der Waals surface area contributed by atoms with Gasteiger partial charge in [-0.2, -0.15) is 4.98 Å². The van der Waals surface area contributed by atoms with Crippen molar-refractivity contribution in [3.63, 3.8) is 0 Å². The normalized spacial score (nSPS) is 10.4. The van der Waals surface area contributed by atoms with Gasteiger partial charge in [0.05, 0.1) is 0 Å². The first kappa shape index (κ1) is 8.76. The molecule has 0 aliphatic rings. The number of rotatable bonds is 3. The number of hydrogen-bond acceptors (Lipinski definition) is 6. The van der Waals surface area contributed by atoms with Crippen LogP contribution in [-0.2, 0) is 6.42 Å². The van der Waals surface area contributed by atoms with Crippen molar-refractivity contribution in [2.45, 2.75) is 6.42 Å². The topological polar surface area (TPSA) is 90.7 Å². The molecule has 0 radical (unpaired) electrons. The summed E-state index contributed by atoms with van der Waals surface area (Å²) in [6.45, 7) is 0.503. The highest BCUT2D eigenvalue weighted by Gasteiger charge is 2.08. The van der Waals surface area contributed by atoms with Crippen molar-refractivity contribution in [3.8, 4) is 11.6 Å². The maximum Gasteiger partial charge on any atom is 0.276 e. The summed E-state index contributed by atoms with van der Waals surface area (Å²) in [6.07, 6.45) is 3.66. The molecule has 6 heteroatoms. The van der Waals surface area contributed by atoms with E-state index in [1.54, 1.807) is 12.3 Å². The standard InChI is InChI=1S/C8H9N5O/c9-3-1-7-12-8(14-13-7)6-2-4-10-5-11-6/h2,4-5H,1,3,9H2. The molecule has 0 aliphatic carbocycles. The second-order valence-electron chi connectivity index (χ2n) is 2.65. The highest BCUT2D eigenvalue weighted by molar-refractivity contribution is 5.44. The summed E-state index contributed by atoms with van der Waals surface area (Å²) in [6, 6.07) is 1.71. The van der Waals surface area contributed by atoms with E-state index in [0.29, 0.717) is 30.4 Å². The lowest BCUT2D eigenvalue weighted by molar-refractivity contribution is 0.421. The minimum Gasteiger partial charge on any atom is -0.332 e. The smallest absolute Gasteiger partial charge is 0.276 e. The van der Waals surface area contributed by atoms with Crippen molar-refractivity contribution in [1.82, 2.24) is 20.1 Å². The van der Waals surface area contributed by atoms with E-state index in [9.17, 15) is 0 Å². The molecule has 2 aromatic rings. The van der Waals surface area contributed by atoms with E-state index < -0.39 is 0 Å². The van der Waals surface area contributed by atoms with E-state index in [1.165, 1.54) is 6.33 Å². The summed E-state index contributed by atoms with van der Waals surface area (Å²) in [4.78, 5) is 11.9. The van der Waals surface area contributed by atoms with Gasteiger partial charge in [0.1, 0.15) is 12.0 Å². The van der Waals surface area contributed by atoms with Crippen molar-refractivity contribution >= 4 is 0 Å². The van der Waals surface area contributed by atoms with Crippen LogP contribution in [0.25, 0.3) is 11.6 Å². The SMILES string of the molecule is NCCc1noc(-c2ccncn2)n1. The molecule has 6 nitrogen and oxygen atoms in total.